The number of H-pyrrole nitrogens is 1. The van der Waals surface area contributed by atoms with Crippen molar-refractivity contribution in [1.29, 1.82) is 0 Å². The van der Waals surface area contributed by atoms with Crippen molar-refractivity contribution in [1.82, 2.24) is 20.2 Å². The first-order chi connectivity index (χ1) is 15.2. The van der Waals surface area contributed by atoms with Crippen LogP contribution < -0.4 is 5.32 Å². The van der Waals surface area contributed by atoms with Gasteiger partial charge in [0.15, 0.2) is 0 Å². The lowest BCUT2D eigenvalue weighted by molar-refractivity contribution is -0.113. The minimum atomic E-state index is -0.133. The van der Waals surface area contributed by atoms with E-state index in [2.05, 4.69) is 25.5 Å². The first kappa shape index (κ1) is 19.1. The zero-order chi connectivity index (χ0) is 21.0. The predicted octanol–water partition coefficient (Wildman–Crippen LogP) is 5.01. The number of amides is 1. The number of carbonyl (C=O) groups is 1. The van der Waals surface area contributed by atoms with E-state index in [0.717, 1.165) is 33.7 Å². The highest BCUT2D eigenvalue weighted by atomic mass is 32.2. The largest absolute Gasteiger partial charge is 0.411 e. The summed E-state index contributed by atoms with van der Waals surface area (Å²) in [5.41, 5.74) is 4.44. The molecule has 0 atom stereocenters. The second-order valence-electron chi connectivity index (χ2n) is 6.76. The molecule has 0 bridgehead atoms. The molecule has 2 heterocycles. The van der Waals surface area contributed by atoms with Crippen molar-refractivity contribution in [2.24, 2.45) is 0 Å². The molecule has 0 fully saturated rings. The van der Waals surface area contributed by atoms with E-state index in [0.29, 0.717) is 11.1 Å². The van der Waals surface area contributed by atoms with Crippen molar-refractivity contribution in [2.45, 2.75) is 5.22 Å². The molecule has 0 aliphatic carbocycles. The Balaban J connectivity index is 1.23. The first-order valence-corrected chi connectivity index (χ1v) is 10.6. The summed E-state index contributed by atoms with van der Waals surface area (Å²) >= 11 is 1.20. The van der Waals surface area contributed by atoms with Crippen molar-refractivity contribution >= 4 is 34.4 Å². The smallest absolute Gasteiger partial charge is 0.277 e. The number of nitrogens with zero attached hydrogens (tertiary/aromatic N) is 3. The Morgan fingerprint density at radius 1 is 0.903 bits per heavy atom. The molecule has 0 saturated heterocycles. The summed E-state index contributed by atoms with van der Waals surface area (Å²) in [7, 11) is 0. The third-order valence-corrected chi connectivity index (χ3v) is 5.40. The van der Waals surface area contributed by atoms with Gasteiger partial charge in [-0.25, -0.2) is 4.98 Å². The molecule has 5 aromatic rings. The summed E-state index contributed by atoms with van der Waals surface area (Å²) < 4.78 is 5.70. The van der Waals surface area contributed by atoms with Gasteiger partial charge in [-0.1, -0.05) is 54.2 Å². The fraction of sp³-hybridized carbons (Fsp3) is 0.0435. The molecule has 0 saturated carbocycles. The Morgan fingerprint density at radius 3 is 2.45 bits per heavy atom. The average molecular weight is 427 g/mol. The van der Waals surface area contributed by atoms with Gasteiger partial charge < -0.3 is 14.7 Å². The summed E-state index contributed by atoms with van der Waals surface area (Å²) in [6.45, 7) is 0. The monoisotopic (exact) mass is 427 g/mol. The number of hydrogen-bond acceptors (Lipinski definition) is 6. The van der Waals surface area contributed by atoms with Crippen LogP contribution in [0, 0.1) is 0 Å². The van der Waals surface area contributed by atoms with E-state index in [1.165, 1.54) is 11.8 Å². The summed E-state index contributed by atoms with van der Waals surface area (Å²) in [5.74, 6) is 1.26. The third kappa shape index (κ3) is 4.34. The number of rotatable bonds is 6. The average Bonchev–Trinajstić information content (AvgIpc) is 3.46. The summed E-state index contributed by atoms with van der Waals surface area (Å²) in [5, 5.41) is 11.3. The molecule has 0 unspecified atom stereocenters. The number of fused-ring (bicyclic) bond motifs is 1. The van der Waals surface area contributed by atoms with Crippen molar-refractivity contribution < 1.29 is 9.21 Å². The van der Waals surface area contributed by atoms with E-state index < -0.39 is 0 Å². The number of aromatic nitrogens is 4. The Labute approximate surface area is 181 Å². The molecule has 3 aromatic carbocycles. The number of imidazole rings is 1. The van der Waals surface area contributed by atoms with Crippen LogP contribution in [0.1, 0.15) is 0 Å². The van der Waals surface area contributed by atoms with Gasteiger partial charge in [-0.15, -0.1) is 10.2 Å². The van der Waals surface area contributed by atoms with Crippen LogP contribution in [-0.2, 0) is 4.79 Å². The topological polar surface area (TPSA) is 96.7 Å². The fourth-order valence-corrected chi connectivity index (χ4v) is 3.65. The van der Waals surface area contributed by atoms with Crippen molar-refractivity contribution in [2.75, 3.05) is 11.1 Å². The number of benzene rings is 3. The molecule has 5 rings (SSSR count). The van der Waals surface area contributed by atoms with E-state index in [9.17, 15) is 4.79 Å². The summed E-state index contributed by atoms with van der Waals surface area (Å²) in [6, 6.07) is 24.9. The van der Waals surface area contributed by atoms with Crippen LogP contribution in [-0.4, -0.2) is 31.8 Å². The van der Waals surface area contributed by atoms with E-state index in [1.807, 2.05) is 78.9 Å². The zero-order valence-electron chi connectivity index (χ0n) is 16.3. The Hall–Kier alpha value is -3.91. The molecule has 2 N–H and O–H groups in total. The number of carbonyl (C=O) groups excluding carboxylic acids is 1. The van der Waals surface area contributed by atoms with Crippen LogP contribution in [0.3, 0.4) is 0 Å². The maximum Gasteiger partial charge on any atom is 0.277 e. The quantitative estimate of drug-likeness (QED) is 0.370. The van der Waals surface area contributed by atoms with Crippen LogP contribution in [0.25, 0.3) is 33.9 Å². The highest BCUT2D eigenvalue weighted by molar-refractivity contribution is 7.99. The van der Waals surface area contributed by atoms with E-state index >= 15 is 0 Å². The molecule has 0 aliphatic rings. The minimum Gasteiger partial charge on any atom is -0.411 e. The number of anilines is 1. The van der Waals surface area contributed by atoms with E-state index in [1.54, 1.807) is 0 Å². The Morgan fingerprint density at radius 2 is 1.65 bits per heavy atom. The maximum absolute atomic E-state index is 12.1. The van der Waals surface area contributed by atoms with Crippen LogP contribution in [0.2, 0.25) is 0 Å². The summed E-state index contributed by atoms with van der Waals surface area (Å²) in [6.07, 6.45) is 0. The molecular weight excluding hydrogens is 410 g/mol. The van der Waals surface area contributed by atoms with E-state index in [4.69, 9.17) is 4.42 Å². The normalized spacial score (nSPS) is 11.0. The lowest BCUT2D eigenvalue weighted by Gasteiger charge is -2.02. The molecule has 7 nitrogen and oxygen atoms in total. The van der Waals surface area contributed by atoms with E-state index in [-0.39, 0.29) is 11.7 Å². The van der Waals surface area contributed by atoms with Gasteiger partial charge in [0.1, 0.15) is 5.82 Å². The molecule has 0 spiro atoms. The van der Waals surface area contributed by atoms with Crippen molar-refractivity contribution in [3.05, 3.63) is 78.9 Å². The summed E-state index contributed by atoms with van der Waals surface area (Å²) in [4.78, 5) is 20.0. The number of nitrogens with one attached hydrogen (secondary N) is 2. The van der Waals surface area contributed by atoms with Gasteiger partial charge in [-0.05, 0) is 36.4 Å². The van der Waals surface area contributed by atoms with Crippen LogP contribution in [0.15, 0.2) is 88.5 Å². The van der Waals surface area contributed by atoms with Gasteiger partial charge in [0.25, 0.3) is 5.22 Å². The molecule has 1 amide bonds. The fourth-order valence-electron chi connectivity index (χ4n) is 3.09. The second kappa shape index (κ2) is 8.45. The molecule has 0 radical (unpaired) electrons. The highest BCUT2D eigenvalue weighted by Gasteiger charge is 2.12. The molecule has 31 heavy (non-hydrogen) atoms. The molecular formula is C23H17N5O2S. The lowest BCUT2D eigenvalue weighted by atomic mass is 10.1. The number of aromatic amines is 1. The molecule has 0 aliphatic heterocycles. The van der Waals surface area contributed by atoms with Crippen LogP contribution in [0.5, 0.6) is 0 Å². The van der Waals surface area contributed by atoms with Gasteiger partial charge in [-0.2, -0.15) is 0 Å². The van der Waals surface area contributed by atoms with Gasteiger partial charge in [0, 0.05) is 16.8 Å². The van der Waals surface area contributed by atoms with Gasteiger partial charge >= 0.3 is 0 Å². The third-order valence-electron chi connectivity index (χ3n) is 4.59. The van der Waals surface area contributed by atoms with Crippen LogP contribution in [0.4, 0.5) is 5.69 Å². The molecule has 8 heteroatoms. The van der Waals surface area contributed by atoms with Gasteiger partial charge in [-0.3, -0.25) is 4.79 Å². The maximum atomic E-state index is 12.1. The predicted molar refractivity (Wildman–Crippen MR) is 121 cm³/mol. The number of para-hydroxylation sites is 3. The zero-order valence-corrected chi connectivity index (χ0v) is 17.1. The second-order valence-corrected chi connectivity index (χ2v) is 7.68. The number of hydrogen-bond donors (Lipinski definition) is 2. The standard InChI is InChI=1S/C23H17N5O2S/c29-20(24-17-6-2-1-3-7-17)14-31-23-28-27-22(30-23)16-12-10-15(11-13-16)21-25-18-8-4-5-9-19(18)26-21/h1-13H,14H2,(H,24,29)(H,25,26). The van der Waals surface area contributed by atoms with Crippen LogP contribution >= 0.6 is 11.8 Å². The number of thioether (sulfide) groups is 1. The molecule has 152 valence electrons. The van der Waals surface area contributed by atoms with Gasteiger partial charge in [0.05, 0.1) is 16.8 Å². The van der Waals surface area contributed by atoms with Crippen molar-refractivity contribution in [3.8, 4) is 22.8 Å². The lowest BCUT2D eigenvalue weighted by Crippen LogP contribution is -2.13. The molecule has 2 aromatic heterocycles. The SMILES string of the molecule is O=C(CSc1nnc(-c2ccc(-c3nc4ccccc4[nH]3)cc2)o1)Nc1ccccc1. The minimum absolute atomic E-state index is 0.133. The van der Waals surface area contributed by atoms with Gasteiger partial charge in [0.2, 0.25) is 11.8 Å². The van der Waals surface area contributed by atoms with Crippen molar-refractivity contribution in [3.63, 3.8) is 0 Å². The first-order valence-electron chi connectivity index (χ1n) is 9.61. The highest BCUT2D eigenvalue weighted by Crippen LogP contribution is 2.26. The Bertz CT molecular complexity index is 1300. The Kier molecular flexibility index (Phi) is 5.20.